The number of amides is 2. The largest absolute Gasteiger partial charge is 0.416 e. The van der Waals surface area contributed by atoms with Crippen molar-refractivity contribution in [2.45, 2.75) is 24.3 Å². The average Bonchev–Trinajstić information content (AvgIpc) is 2.76. The van der Waals surface area contributed by atoms with Crippen LogP contribution in [-0.2, 0) is 18.1 Å². The molecule has 0 heterocycles. The molecule has 3 aromatic rings. The molecule has 0 saturated heterocycles. The highest BCUT2D eigenvalue weighted by Crippen LogP contribution is 2.38. The molecule has 3 nitrogen and oxygen atoms in total. The monoisotopic (exact) mass is 496 g/mol. The molecule has 2 N–H and O–H groups in total. The van der Waals surface area contributed by atoms with E-state index in [0.29, 0.717) is 23.2 Å². The number of hydrogen-bond donors (Lipinski definition) is 2. The van der Waals surface area contributed by atoms with Crippen molar-refractivity contribution in [1.29, 1.82) is 0 Å². The lowest BCUT2D eigenvalue weighted by molar-refractivity contribution is -0.137. The van der Waals surface area contributed by atoms with E-state index in [2.05, 4.69) is 5.32 Å². The lowest BCUT2D eigenvalue weighted by Gasteiger charge is -2.37. The van der Waals surface area contributed by atoms with E-state index >= 15 is 0 Å². The minimum Gasteiger partial charge on any atom is -0.329 e. The summed E-state index contributed by atoms with van der Waals surface area (Å²) in [7, 11) is 1.70. The number of halogens is 7. The van der Waals surface area contributed by atoms with Crippen molar-refractivity contribution < 1.29 is 35.5 Å². The predicted molar refractivity (Wildman–Crippen MR) is 120 cm³/mol. The van der Waals surface area contributed by atoms with Gasteiger partial charge in [-0.3, -0.25) is 0 Å². The number of hydrogen-bond acceptors (Lipinski definition) is 1. The van der Waals surface area contributed by atoms with Crippen LogP contribution < -0.4 is 16.1 Å². The van der Waals surface area contributed by atoms with Crippen molar-refractivity contribution >= 4 is 19.3 Å². The molecule has 2 amide bonds. The Morgan fingerprint density at radius 3 is 2.06 bits per heavy atom. The summed E-state index contributed by atoms with van der Waals surface area (Å²) in [5.41, 5.74) is -1.93. The van der Waals surface area contributed by atoms with Gasteiger partial charge in [0.05, 0.1) is 11.1 Å². The van der Waals surface area contributed by atoms with Crippen LogP contribution in [0.1, 0.15) is 22.3 Å². The second kappa shape index (κ2) is 10.0. The van der Waals surface area contributed by atoms with Crippen LogP contribution in [0.5, 0.6) is 0 Å². The van der Waals surface area contributed by atoms with E-state index in [0.717, 1.165) is 6.07 Å². The Kier molecular flexibility index (Phi) is 7.47. The molecule has 0 aliphatic rings. The summed E-state index contributed by atoms with van der Waals surface area (Å²) in [6.45, 7) is -1.66. The molecule has 0 fully saturated rings. The summed E-state index contributed by atoms with van der Waals surface area (Å²) in [6, 6.07) is 15.2. The first-order valence-electron chi connectivity index (χ1n) is 10.4. The Morgan fingerprint density at radius 2 is 1.46 bits per heavy atom. The van der Waals surface area contributed by atoms with Crippen LogP contribution in [0.25, 0.3) is 0 Å². The van der Waals surface area contributed by atoms with Crippen molar-refractivity contribution in [2.24, 2.45) is 0 Å². The van der Waals surface area contributed by atoms with Gasteiger partial charge in [0, 0.05) is 6.42 Å². The van der Waals surface area contributed by atoms with Crippen molar-refractivity contribution in [1.82, 2.24) is 10.6 Å². The van der Waals surface area contributed by atoms with Gasteiger partial charge in [-0.05, 0) is 34.9 Å². The first kappa shape index (κ1) is 26.1. The molecule has 184 valence electrons. The molecule has 11 heteroatoms. The highest BCUT2D eigenvalue weighted by atomic mass is 19.4. The molecule has 1 atom stereocenters. The third-order valence-corrected chi connectivity index (χ3v) is 5.32. The van der Waals surface area contributed by atoms with Crippen LogP contribution in [0.2, 0.25) is 0 Å². The van der Waals surface area contributed by atoms with Crippen LogP contribution in [0.4, 0.5) is 35.5 Å². The number of urea groups is 1. The molecule has 0 aromatic heterocycles. The number of benzene rings is 3. The maximum absolute atomic E-state index is 14.5. The fraction of sp³-hybridized carbons (Fsp3) is 0.208. The molecule has 0 spiro atoms. The molecular formula is C24H20BF7N2O. The Hall–Kier alpha value is -3.50. The fourth-order valence-corrected chi connectivity index (χ4v) is 3.79. The van der Waals surface area contributed by atoms with Crippen LogP contribution in [0.3, 0.4) is 0 Å². The normalized spacial score (nSPS) is 13.7. The van der Waals surface area contributed by atoms with Gasteiger partial charge in [-0.2, -0.15) is 26.3 Å². The zero-order valence-corrected chi connectivity index (χ0v) is 18.4. The van der Waals surface area contributed by atoms with Crippen LogP contribution in [0, 0.1) is 5.82 Å². The number of alkyl halides is 6. The topological polar surface area (TPSA) is 41.1 Å². The van der Waals surface area contributed by atoms with E-state index < -0.39 is 41.8 Å². The molecule has 35 heavy (non-hydrogen) atoms. The van der Waals surface area contributed by atoms with E-state index in [1.807, 2.05) is 0 Å². The summed E-state index contributed by atoms with van der Waals surface area (Å²) in [5, 5.41) is 4.12. The van der Waals surface area contributed by atoms with Crippen molar-refractivity contribution in [2.75, 3.05) is 6.54 Å². The minimum absolute atomic E-state index is 0.169. The van der Waals surface area contributed by atoms with Crippen LogP contribution in [0.15, 0.2) is 72.8 Å². The number of carbonyl (C=O) groups excluding carboxylic acids is 1. The van der Waals surface area contributed by atoms with Crippen molar-refractivity contribution in [3.05, 3.63) is 101 Å². The third-order valence-electron chi connectivity index (χ3n) is 5.32. The fourth-order valence-electron chi connectivity index (χ4n) is 3.79. The highest BCUT2D eigenvalue weighted by Gasteiger charge is 2.40. The molecule has 3 aromatic carbocycles. The second-order valence-electron chi connectivity index (χ2n) is 8.09. The van der Waals surface area contributed by atoms with Gasteiger partial charge in [0.2, 0.25) is 0 Å². The Bertz CT molecular complexity index is 1180. The van der Waals surface area contributed by atoms with E-state index in [-0.39, 0.29) is 17.5 Å². The van der Waals surface area contributed by atoms with Gasteiger partial charge in [0.15, 0.2) is 0 Å². The number of nitrogens with one attached hydrogen (secondary N) is 2. The zero-order valence-electron chi connectivity index (χ0n) is 18.4. The molecule has 0 aliphatic heterocycles. The van der Waals surface area contributed by atoms with Gasteiger partial charge in [-0.25, -0.2) is 9.18 Å². The molecule has 0 saturated carbocycles. The van der Waals surface area contributed by atoms with Crippen LogP contribution in [-0.4, -0.2) is 26.6 Å². The van der Waals surface area contributed by atoms with Gasteiger partial charge in [-0.15, -0.1) is 0 Å². The first-order chi connectivity index (χ1) is 16.3. The van der Waals surface area contributed by atoms with Crippen molar-refractivity contribution in [3.63, 3.8) is 0 Å². The minimum atomic E-state index is -4.90. The maximum atomic E-state index is 14.5. The Morgan fingerprint density at radius 1 is 0.800 bits per heavy atom. The second-order valence-corrected chi connectivity index (χ2v) is 8.09. The summed E-state index contributed by atoms with van der Waals surface area (Å²) < 4.78 is 93.3. The molecule has 0 bridgehead atoms. The van der Waals surface area contributed by atoms with Gasteiger partial charge in [0.1, 0.15) is 20.2 Å². The van der Waals surface area contributed by atoms with E-state index in [1.165, 1.54) is 6.07 Å². The van der Waals surface area contributed by atoms with Gasteiger partial charge >= 0.3 is 18.4 Å². The zero-order chi connectivity index (χ0) is 25.9. The van der Waals surface area contributed by atoms with Crippen molar-refractivity contribution in [3.8, 4) is 0 Å². The SMILES string of the molecule is Bc1cccc([C@@](Cc2ccccc2)(NC(=O)NCC(F)(F)F)c2cc(F)cc(C(F)(F)F)c2)c1. The molecule has 0 radical (unpaired) electrons. The molecule has 0 unspecified atom stereocenters. The van der Waals surface area contributed by atoms with Gasteiger partial charge in [0.25, 0.3) is 0 Å². The van der Waals surface area contributed by atoms with Gasteiger partial charge in [-0.1, -0.05) is 60.1 Å². The Labute approximate surface area is 197 Å². The summed E-state index contributed by atoms with van der Waals surface area (Å²) in [4.78, 5) is 12.7. The lowest BCUT2D eigenvalue weighted by atomic mass is 9.76. The third kappa shape index (κ3) is 6.77. The van der Waals surface area contributed by atoms with E-state index in [1.54, 1.807) is 61.7 Å². The van der Waals surface area contributed by atoms with E-state index in [4.69, 9.17) is 0 Å². The highest BCUT2D eigenvalue weighted by molar-refractivity contribution is 6.32. The standard InChI is InChI=1S/C24H20BF7N2O/c25-19-8-4-7-16(10-19)22(13-15-5-2-1-3-6-15,34-21(35)33-14-23(27,28)29)17-9-18(24(30,31)32)12-20(26)11-17/h1-12H,13-14,25H2,(H2,33,34,35)/t22-/m1/s1. The number of rotatable bonds is 6. The quantitative estimate of drug-likeness (QED) is 0.385. The Balaban J connectivity index is 2.25. The average molecular weight is 496 g/mol. The smallest absolute Gasteiger partial charge is 0.329 e. The number of carbonyl (C=O) groups is 1. The first-order valence-corrected chi connectivity index (χ1v) is 10.4. The maximum Gasteiger partial charge on any atom is 0.416 e. The lowest BCUT2D eigenvalue weighted by Crippen LogP contribution is -2.53. The molecular weight excluding hydrogens is 476 g/mol. The summed E-state index contributed by atoms with van der Waals surface area (Å²) in [6.07, 6.45) is -9.79. The predicted octanol–water partition coefficient (Wildman–Crippen LogP) is 4.45. The molecule has 3 rings (SSSR count). The molecule has 0 aliphatic carbocycles. The van der Waals surface area contributed by atoms with E-state index in [9.17, 15) is 35.5 Å². The van der Waals surface area contributed by atoms with Gasteiger partial charge < -0.3 is 10.6 Å². The summed E-state index contributed by atoms with van der Waals surface area (Å²) >= 11 is 0. The van der Waals surface area contributed by atoms with Crippen LogP contribution >= 0.6 is 0 Å². The summed E-state index contributed by atoms with van der Waals surface area (Å²) in [5.74, 6) is -1.21.